The van der Waals surface area contributed by atoms with Crippen LogP contribution in [-0.2, 0) is 0 Å². The summed E-state index contributed by atoms with van der Waals surface area (Å²) < 4.78 is 12.3. The lowest BCUT2D eigenvalue weighted by Crippen LogP contribution is -1.93. The summed E-state index contributed by atoms with van der Waals surface area (Å²) in [4.78, 5) is 0. The van der Waals surface area contributed by atoms with E-state index < -0.39 is 0 Å². The number of nitrogens with zero attached hydrogens (tertiary/aromatic N) is 2. The van der Waals surface area contributed by atoms with E-state index in [2.05, 4.69) is 5.10 Å². The summed E-state index contributed by atoms with van der Waals surface area (Å²) in [5.74, 6) is 1.74. The highest BCUT2D eigenvalue weighted by Crippen LogP contribution is 2.30. The molecule has 0 atom stereocenters. The van der Waals surface area contributed by atoms with Crippen LogP contribution in [-0.4, -0.2) is 9.78 Å². The Bertz CT molecular complexity index is 632. The molecule has 0 bridgehead atoms. The van der Waals surface area contributed by atoms with Crippen LogP contribution >= 0.6 is 11.6 Å². The third kappa shape index (κ3) is 1.98. The molecule has 0 fully saturated rings. The maximum Gasteiger partial charge on any atom is 0.221 e. The highest BCUT2D eigenvalue weighted by atomic mass is 35.5. The zero-order valence-corrected chi connectivity index (χ0v) is 10.0. The first-order valence-electron chi connectivity index (χ1n) is 5.35. The van der Waals surface area contributed by atoms with E-state index in [1.165, 1.54) is 4.68 Å². The van der Waals surface area contributed by atoms with E-state index in [4.69, 9.17) is 20.8 Å². The van der Waals surface area contributed by atoms with Gasteiger partial charge in [-0.1, -0.05) is 29.8 Å². The predicted octanol–water partition coefficient (Wildman–Crippen LogP) is 3.91. The van der Waals surface area contributed by atoms with E-state index in [1.54, 1.807) is 24.6 Å². The molecule has 0 radical (unpaired) electrons. The number of aromatic nitrogens is 2. The molecular weight excluding hydrogens is 252 g/mol. The second-order valence-electron chi connectivity index (χ2n) is 3.58. The Morgan fingerprint density at radius 2 is 1.94 bits per heavy atom. The number of hydrogen-bond donors (Lipinski definition) is 0. The van der Waals surface area contributed by atoms with Gasteiger partial charge < -0.3 is 9.15 Å². The van der Waals surface area contributed by atoms with Gasteiger partial charge in [-0.3, -0.25) is 0 Å². The molecule has 18 heavy (non-hydrogen) atoms. The molecule has 0 aliphatic carbocycles. The Morgan fingerprint density at radius 3 is 2.67 bits per heavy atom. The minimum absolute atomic E-state index is 0.369. The summed E-state index contributed by atoms with van der Waals surface area (Å²) >= 11 is 6.18. The highest BCUT2D eigenvalue weighted by molar-refractivity contribution is 6.31. The van der Waals surface area contributed by atoms with Crippen molar-refractivity contribution in [2.45, 2.75) is 0 Å². The van der Waals surface area contributed by atoms with Gasteiger partial charge in [-0.25, -0.2) is 0 Å². The molecule has 0 aliphatic rings. The van der Waals surface area contributed by atoms with Crippen LogP contribution in [0.4, 0.5) is 0 Å². The topological polar surface area (TPSA) is 40.2 Å². The van der Waals surface area contributed by atoms with Crippen molar-refractivity contribution in [1.29, 1.82) is 0 Å². The fourth-order valence-electron chi connectivity index (χ4n) is 1.55. The van der Waals surface area contributed by atoms with E-state index in [-0.39, 0.29) is 0 Å². The first kappa shape index (κ1) is 10.9. The van der Waals surface area contributed by atoms with Crippen LogP contribution in [0.5, 0.6) is 11.5 Å². The molecule has 3 rings (SSSR count). The monoisotopic (exact) mass is 260 g/mol. The molecule has 5 heteroatoms. The van der Waals surface area contributed by atoms with Crippen molar-refractivity contribution in [2.75, 3.05) is 0 Å². The Kier molecular flexibility index (Phi) is 2.78. The number of halogens is 1. The van der Waals surface area contributed by atoms with Gasteiger partial charge in [0.05, 0.1) is 12.5 Å². The lowest BCUT2D eigenvalue weighted by atomic mass is 10.3. The van der Waals surface area contributed by atoms with E-state index in [0.717, 1.165) is 0 Å². The van der Waals surface area contributed by atoms with Gasteiger partial charge in [-0.2, -0.15) is 9.78 Å². The van der Waals surface area contributed by atoms with Crippen LogP contribution in [0, 0.1) is 0 Å². The van der Waals surface area contributed by atoms with Gasteiger partial charge in [0, 0.05) is 6.07 Å². The summed E-state index contributed by atoms with van der Waals surface area (Å²) in [7, 11) is 0. The average Bonchev–Trinajstić information content (AvgIpc) is 3.02. The zero-order valence-electron chi connectivity index (χ0n) is 9.29. The van der Waals surface area contributed by atoms with Crippen LogP contribution < -0.4 is 4.74 Å². The average molecular weight is 261 g/mol. The van der Waals surface area contributed by atoms with Crippen molar-refractivity contribution < 1.29 is 9.15 Å². The predicted molar refractivity (Wildman–Crippen MR) is 67.4 cm³/mol. The van der Waals surface area contributed by atoms with Crippen LogP contribution in [0.25, 0.3) is 5.88 Å². The Labute approximate surface area is 108 Å². The molecule has 4 nitrogen and oxygen atoms in total. The van der Waals surface area contributed by atoms with Crippen molar-refractivity contribution in [3.63, 3.8) is 0 Å². The van der Waals surface area contributed by atoms with Gasteiger partial charge in [0.25, 0.3) is 0 Å². The van der Waals surface area contributed by atoms with E-state index in [9.17, 15) is 0 Å². The standard InChI is InChI=1S/C13H9ClN2O2/c14-13-11(18-10-5-2-1-3-6-10)9-15-16(13)12-7-4-8-17-12/h1-9H. The van der Waals surface area contributed by atoms with Crippen molar-refractivity contribution in [3.05, 3.63) is 60.1 Å². The van der Waals surface area contributed by atoms with E-state index >= 15 is 0 Å². The number of furan rings is 1. The highest BCUT2D eigenvalue weighted by Gasteiger charge is 2.13. The normalized spacial score (nSPS) is 10.5. The van der Waals surface area contributed by atoms with Crippen LogP contribution in [0.15, 0.2) is 59.3 Å². The molecule has 2 heterocycles. The number of rotatable bonds is 3. The molecule has 0 saturated heterocycles. The molecule has 0 N–H and O–H groups in total. The fraction of sp³-hybridized carbons (Fsp3) is 0. The van der Waals surface area contributed by atoms with Gasteiger partial charge in [-0.15, -0.1) is 0 Å². The van der Waals surface area contributed by atoms with Gasteiger partial charge in [0.1, 0.15) is 5.75 Å². The van der Waals surface area contributed by atoms with Gasteiger partial charge in [-0.05, 0) is 18.2 Å². The van der Waals surface area contributed by atoms with Gasteiger partial charge in [0.15, 0.2) is 10.9 Å². The van der Waals surface area contributed by atoms with E-state index in [0.29, 0.717) is 22.5 Å². The largest absolute Gasteiger partial charge is 0.452 e. The Balaban J connectivity index is 1.91. The molecule has 0 spiro atoms. The van der Waals surface area contributed by atoms with Crippen molar-refractivity contribution >= 4 is 11.6 Å². The fourth-order valence-corrected chi connectivity index (χ4v) is 1.76. The van der Waals surface area contributed by atoms with Crippen molar-refractivity contribution in [3.8, 4) is 17.4 Å². The maximum atomic E-state index is 6.18. The van der Waals surface area contributed by atoms with Crippen LogP contribution in [0.2, 0.25) is 5.15 Å². The van der Waals surface area contributed by atoms with Gasteiger partial charge in [0.2, 0.25) is 5.88 Å². The maximum absolute atomic E-state index is 6.18. The van der Waals surface area contributed by atoms with Crippen molar-refractivity contribution in [1.82, 2.24) is 9.78 Å². The Hall–Kier alpha value is -2.20. The number of para-hydroxylation sites is 1. The molecular formula is C13H9ClN2O2. The smallest absolute Gasteiger partial charge is 0.221 e. The van der Waals surface area contributed by atoms with Crippen molar-refractivity contribution in [2.24, 2.45) is 0 Å². The summed E-state index contributed by atoms with van der Waals surface area (Å²) in [6, 6.07) is 12.9. The molecule has 0 aliphatic heterocycles. The third-order valence-electron chi connectivity index (χ3n) is 2.37. The summed E-state index contributed by atoms with van der Waals surface area (Å²) in [6.07, 6.45) is 3.11. The van der Waals surface area contributed by atoms with Crippen LogP contribution in [0.1, 0.15) is 0 Å². The van der Waals surface area contributed by atoms with Crippen LogP contribution in [0.3, 0.4) is 0 Å². The summed E-state index contributed by atoms with van der Waals surface area (Å²) in [5, 5.41) is 4.49. The second-order valence-corrected chi connectivity index (χ2v) is 3.94. The molecule has 0 amide bonds. The first-order chi connectivity index (χ1) is 8.84. The number of hydrogen-bond acceptors (Lipinski definition) is 3. The third-order valence-corrected chi connectivity index (χ3v) is 2.71. The quantitative estimate of drug-likeness (QED) is 0.717. The molecule has 0 saturated carbocycles. The molecule has 2 aromatic heterocycles. The lowest BCUT2D eigenvalue weighted by Gasteiger charge is -2.03. The summed E-state index contributed by atoms with van der Waals surface area (Å²) in [6.45, 7) is 0. The SMILES string of the molecule is Clc1c(Oc2ccccc2)cnn1-c1ccco1. The minimum atomic E-state index is 0.369. The molecule has 3 aromatic rings. The molecule has 1 aromatic carbocycles. The lowest BCUT2D eigenvalue weighted by molar-refractivity contribution is 0.481. The van der Waals surface area contributed by atoms with E-state index in [1.807, 2.05) is 30.3 Å². The van der Waals surface area contributed by atoms with Gasteiger partial charge >= 0.3 is 0 Å². The summed E-state index contributed by atoms with van der Waals surface area (Å²) in [5.41, 5.74) is 0. The minimum Gasteiger partial charge on any atom is -0.452 e. The number of ether oxygens (including phenoxy) is 1. The first-order valence-corrected chi connectivity index (χ1v) is 5.73. The molecule has 90 valence electrons. The number of benzene rings is 1. The zero-order chi connectivity index (χ0) is 12.4. The molecule has 0 unspecified atom stereocenters. The Morgan fingerprint density at radius 1 is 1.11 bits per heavy atom. The second kappa shape index (κ2) is 4.58.